The third-order valence-electron chi connectivity index (χ3n) is 11.8. The largest absolute Gasteiger partial charge is 0.493 e. The fourth-order valence-corrected chi connectivity index (χ4v) is 9.47. The molecule has 2 saturated heterocycles. The number of likely N-dealkylation sites (tertiary alicyclic amines) is 1. The van der Waals surface area contributed by atoms with E-state index in [2.05, 4.69) is 22.5 Å². The van der Waals surface area contributed by atoms with Crippen molar-refractivity contribution in [2.45, 2.75) is 76.9 Å². The second-order valence-electron chi connectivity index (χ2n) is 16.1. The predicted molar refractivity (Wildman–Crippen MR) is 229 cm³/mol. The fraction of sp³-hybridized carbons (Fsp3) is 0.413. The number of methoxy groups -OCH3 is 1. The van der Waals surface area contributed by atoms with Gasteiger partial charge in [-0.2, -0.15) is 0 Å². The van der Waals surface area contributed by atoms with Crippen LogP contribution in [0.15, 0.2) is 54.6 Å². The van der Waals surface area contributed by atoms with Gasteiger partial charge in [0.15, 0.2) is 11.5 Å². The lowest BCUT2D eigenvalue weighted by Gasteiger charge is -2.30. The summed E-state index contributed by atoms with van der Waals surface area (Å²) in [5.41, 5.74) is 2.47. The molecule has 17 heteroatoms. The molecule has 16 nitrogen and oxygen atoms in total. The van der Waals surface area contributed by atoms with Crippen molar-refractivity contribution in [1.29, 1.82) is 0 Å². The molecule has 0 radical (unpaired) electrons. The molecular formula is C46H49N5O11S. The summed E-state index contributed by atoms with van der Waals surface area (Å²) in [6.07, 6.45) is 4.01. The van der Waals surface area contributed by atoms with Gasteiger partial charge in [0.05, 0.1) is 42.3 Å². The Balaban J connectivity index is 0.898. The van der Waals surface area contributed by atoms with E-state index < -0.39 is 51.3 Å². The third-order valence-corrected chi connectivity index (χ3v) is 12.7. The summed E-state index contributed by atoms with van der Waals surface area (Å²) in [6.45, 7) is 3.38. The summed E-state index contributed by atoms with van der Waals surface area (Å²) < 4.78 is 36.3. The maximum atomic E-state index is 14.0. The number of hydrogen-bond acceptors (Lipinski definition) is 11. The summed E-state index contributed by atoms with van der Waals surface area (Å²) in [6, 6.07) is 12.7. The molecule has 2 atom stereocenters. The van der Waals surface area contributed by atoms with Crippen molar-refractivity contribution in [2.24, 2.45) is 5.92 Å². The molecule has 0 saturated carbocycles. The number of rotatable bonds is 14. The zero-order chi connectivity index (χ0) is 45.0. The maximum Gasteiger partial charge on any atom is 0.264 e. The molecule has 4 heterocycles. The van der Waals surface area contributed by atoms with E-state index >= 15 is 0 Å². The Kier molecular flexibility index (Phi) is 13.3. The number of piperidine rings is 2. The summed E-state index contributed by atoms with van der Waals surface area (Å²) in [5, 5.41) is 5.07. The zero-order valence-corrected chi connectivity index (χ0v) is 36.2. The first-order valence-electron chi connectivity index (χ1n) is 21.0. The maximum absolute atomic E-state index is 14.0. The Morgan fingerprint density at radius 1 is 0.905 bits per heavy atom. The van der Waals surface area contributed by atoms with E-state index in [1.807, 2.05) is 6.07 Å². The van der Waals surface area contributed by atoms with Gasteiger partial charge < -0.3 is 24.6 Å². The summed E-state index contributed by atoms with van der Waals surface area (Å²) in [5.74, 6) is 3.88. The Bertz CT molecular complexity index is 2560. The van der Waals surface area contributed by atoms with E-state index in [0.29, 0.717) is 68.0 Å². The van der Waals surface area contributed by atoms with Gasteiger partial charge in [0.2, 0.25) is 23.6 Å². The topological polar surface area (TPSA) is 206 Å². The molecule has 4 aliphatic rings. The van der Waals surface area contributed by atoms with Gasteiger partial charge in [-0.15, -0.1) is 0 Å². The van der Waals surface area contributed by atoms with Crippen LogP contribution in [0, 0.1) is 17.8 Å². The van der Waals surface area contributed by atoms with Crippen LogP contribution in [-0.2, 0) is 35.6 Å². The quantitative estimate of drug-likeness (QED) is 0.134. The number of fused-ring (bicyclic) bond motifs is 2. The minimum Gasteiger partial charge on any atom is -0.493 e. The molecule has 0 spiro atoms. The van der Waals surface area contributed by atoms with Crippen molar-refractivity contribution in [3.63, 3.8) is 0 Å². The highest BCUT2D eigenvalue weighted by atomic mass is 32.2. The third kappa shape index (κ3) is 9.76. The number of anilines is 1. The molecule has 4 aliphatic heterocycles. The predicted octanol–water partition coefficient (Wildman–Crippen LogP) is 4.03. The SMILES string of the molecule is CCOc1cc([C@@H](CS(C)(=O)=O)N2C(=O)c3cccc(NC(=O)CCCCC(=O)N4CCC(C#Cc5cccc6c5CN(C5CCC(=O)NC5=O)C6=O)CC4)c3C2=O)ccc1OC. The smallest absolute Gasteiger partial charge is 0.264 e. The minimum atomic E-state index is -3.71. The highest BCUT2D eigenvalue weighted by Crippen LogP contribution is 2.39. The summed E-state index contributed by atoms with van der Waals surface area (Å²) in [7, 11) is -2.25. The number of imide groups is 2. The lowest BCUT2D eigenvalue weighted by Crippen LogP contribution is -2.52. The highest BCUT2D eigenvalue weighted by Gasteiger charge is 2.44. The molecule has 7 rings (SSSR count). The second-order valence-corrected chi connectivity index (χ2v) is 18.3. The lowest BCUT2D eigenvalue weighted by molar-refractivity contribution is -0.137. The minimum absolute atomic E-state index is 0.0197. The Morgan fingerprint density at radius 2 is 1.63 bits per heavy atom. The number of amides is 7. The van der Waals surface area contributed by atoms with Crippen molar-refractivity contribution in [2.75, 3.05) is 44.1 Å². The Morgan fingerprint density at radius 3 is 2.35 bits per heavy atom. The van der Waals surface area contributed by atoms with E-state index in [9.17, 15) is 42.0 Å². The molecule has 0 aromatic heterocycles. The van der Waals surface area contributed by atoms with E-state index in [1.165, 1.54) is 30.2 Å². The number of ether oxygens (including phenoxy) is 2. The van der Waals surface area contributed by atoms with Gasteiger partial charge in [-0.1, -0.05) is 30.0 Å². The average molecular weight is 880 g/mol. The first-order chi connectivity index (χ1) is 30.2. The van der Waals surface area contributed by atoms with Crippen LogP contribution in [0.3, 0.4) is 0 Å². The number of carbonyl (C=O) groups excluding carboxylic acids is 7. The van der Waals surface area contributed by atoms with Gasteiger partial charge in [0.25, 0.3) is 17.7 Å². The van der Waals surface area contributed by atoms with Gasteiger partial charge in [-0.25, -0.2) is 8.42 Å². The summed E-state index contributed by atoms with van der Waals surface area (Å²) >= 11 is 0. The van der Waals surface area contributed by atoms with Gasteiger partial charge in [-0.05, 0) is 86.6 Å². The van der Waals surface area contributed by atoms with Crippen molar-refractivity contribution >= 4 is 56.9 Å². The zero-order valence-electron chi connectivity index (χ0n) is 35.4. The van der Waals surface area contributed by atoms with Gasteiger partial charge >= 0.3 is 0 Å². The average Bonchev–Trinajstić information content (AvgIpc) is 3.72. The normalized spacial score (nSPS) is 18.0. The number of carbonyl (C=O) groups is 7. The van der Waals surface area contributed by atoms with Crippen LogP contribution >= 0.6 is 0 Å². The monoisotopic (exact) mass is 879 g/mol. The van der Waals surface area contributed by atoms with Crippen molar-refractivity contribution < 1.29 is 51.5 Å². The molecule has 63 heavy (non-hydrogen) atoms. The van der Waals surface area contributed by atoms with Crippen LogP contribution in [0.4, 0.5) is 5.69 Å². The molecule has 0 aliphatic carbocycles. The van der Waals surface area contributed by atoms with Crippen LogP contribution in [0.25, 0.3) is 0 Å². The number of hydrogen-bond donors (Lipinski definition) is 2. The van der Waals surface area contributed by atoms with Crippen molar-refractivity contribution in [3.05, 3.63) is 88.0 Å². The van der Waals surface area contributed by atoms with Gasteiger partial charge in [-0.3, -0.25) is 43.8 Å². The first kappa shape index (κ1) is 44.5. The first-order valence-corrected chi connectivity index (χ1v) is 23.1. The van der Waals surface area contributed by atoms with E-state index in [4.69, 9.17) is 9.47 Å². The Labute approximate surface area is 365 Å². The van der Waals surface area contributed by atoms with Gasteiger partial charge in [0, 0.05) is 62.2 Å². The van der Waals surface area contributed by atoms with Crippen LogP contribution in [0.5, 0.6) is 11.5 Å². The molecule has 330 valence electrons. The van der Waals surface area contributed by atoms with Crippen LogP contribution in [0.2, 0.25) is 0 Å². The Hall–Kier alpha value is -6.54. The molecule has 7 amide bonds. The lowest BCUT2D eigenvalue weighted by atomic mass is 9.95. The second kappa shape index (κ2) is 18.8. The summed E-state index contributed by atoms with van der Waals surface area (Å²) in [4.78, 5) is 95.6. The van der Waals surface area contributed by atoms with E-state index in [-0.39, 0.29) is 72.7 Å². The molecule has 2 fully saturated rings. The molecule has 3 aromatic carbocycles. The number of nitrogens with zero attached hydrogens (tertiary/aromatic N) is 3. The molecule has 3 aromatic rings. The fourth-order valence-electron chi connectivity index (χ4n) is 8.55. The van der Waals surface area contributed by atoms with Crippen LogP contribution < -0.4 is 20.1 Å². The van der Waals surface area contributed by atoms with Crippen LogP contribution in [0.1, 0.15) is 112 Å². The molecule has 2 N–H and O–H groups in total. The highest BCUT2D eigenvalue weighted by molar-refractivity contribution is 7.90. The number of unbranched alkanes of at least 4 members (excludes halogenated alkanes) is 1. The molecule has 0 bridgehead atoms. The molecule has 1 unspecified atom stereocenters. The van der Waals surface area contributed by atoms with Gasteiger partial charge in [0.1, 0.15) is 15.9 Å². The van der Waals surface area contributed by atoms with Crippen LogP contribution in [-0.4, -0.2) is 109 Å². The van der Waals surface area contributed by atoms with E-state index in [0.717, 1.165) is 22.3 Å². The molecular weight excluding hydrogens is 831 g/mol. The number of nitrogens with one attached hydrogen (secondary N) is 2. The number of benzene rings is 3. The van der Waals surface area contributed by atoms with Crippen molar-refractivity contribution in [3.8, 4) is 23.3 Å². The van der Waals surface area contributed by atoms with E-state index in [1.54, 1.807) is 42.2 Å². The standard InChI is InChI=1S/C46H49N5O11S/c1-4-62-38-25-30(17-19-37(38)61-2)36(27-63(3,59)60)51-45(57)32-11-8-12-34(42(32)46(51)58)47-39(52)13-5-6-14-41(54)49-23-21-28(22-24-49)15-16-29-9-7-10-31-33(29)26-50(44(31)56)35-18-20-40(53)48-43(35)55/h7-12,17,19,25,28,35-36H,4-6,13-14,18,20-24,26-27H2,1-3H3,(H,47,52)(H,48,53,55)/t35?,36-/m1/s1. The van der Waals surface area contributed by atoms with Crippen molar-refractivity contribution in [1.82, 2.24) is 20.0 Å². The number of sulfone groups is 1.